The van der Waals surface area contributed by atoms with Gasteiger partial charge in [-0.05, 0) is 5.92 Å². The Labute approximate surface area is 97.5 Å². The number of aliphatic carboxylic acids is 1. The first-order chi connectivity index (χ1) is 7.58. The largest absolute Gasteiger partial charge is 0.481 e. The molecule has 1 rings (SSSR count). The van der Waals surface area contributed by atoms with Crippen LogP contribution in [-0.4, -0.2) is 22.0 Å². The zero-order chi connectivity index (χ0) is 12.0. The summed E-state index contributed by atoms with van der Waals surface area (Å²) in [5.74, 6) is -1.14. The van der Waals surface area contributed by atoms with E-state index in [9.17, 15) is 9.59 Å². The van der Waals surface area contributed by atoms with Crippen LogP contribution in [0.1, 0.15) is 24.6 Å². The van der Waals surface area contributed by atoms with E-state index in [1.165, 1.54) is 11.3 Å². The minimum atomic E-state index is -0.872. The van der Waals surface area contributed by atoms with E-state index in [1.807, 2.05) is 0 Å². The molecular formula is C10H14N2O3S. The van der Waals surface area contributed by atoms with Gasteiger partial charge in [0.2, 0.25) is 5.91 Å². The van der Waals surface area contributed by atoms with E-state index in [0.29, 0.717) is 6.54 Å². The summed E-state index contributed by atoms with van der Waals surface area (Å²) in [7, 11) is 0. The molecule has 0 radical (unpaired) electrons. The summed E-state index contributed by atoms with van der Waals surface area (Å²) in [6, 6.07) is 0. The molecule has 1 heterocycles. The first kappa shape index (κ1) is 12.6. The third-order valence-corrected chi connectivity index (χ3v) is 2.78. The average molecular weight is 242 g/mol. The van der Waals surface area contributed by atoms with E-state index in [0.717, 1.165) is 4.88 Å². The Bertz CT molecular complexity index is 351. The first-order valence-corrected chi connectivity index (χ1v) is 5.81. The standard InChI is InChI=1S/C10H14N2O3S/c1-7(3-10(14)15)2-9(13)12-5-8-4-11-6-16-8/h4,6-7H,2-3,5H2,1H3,(H,12,13)(H,14,15). The maximum Gasteiger partial charge on any atom is 0.303 e. The summed E-state index contributed by atoms with van der Waals surface area (Å²) in [5.41, 5.74) is 1.70. The molecule has 1 unspecified atom stereocenters. The number of aromatic nitrogens is 1. The Kier molecular flexibility index (Phi) is 4.91. The van der Waals surface area contributed by atoms with Crippen LogP contribution < -0.4 is 5.32 Å². The number of carboxylic acids is 1. The molecule has 16 heavy (non-hydrogen) atoms. The molecule has 0 aliphatic rings. The van der Waals surface area contributed by atoms with Crippen LogP contribution >= 0.6 is 11.3 Å². The fourth-order valence-corrected chi connectivity index (χ4v) is 1.81. The number of hydrogen-bond donors (Lipinski definition) is 2. The van der Waals surface area contributed by atoms with Crippen LogP contribution in [0.2, 0.25) is 0 Å². The lowest BCUT2D eigenvalue weighted by atomic mass is 10.0. The van der Waals surface area contributed by atoms with Gasteiger partial charge in [-0.2, -0.15) is 0 Å². The third kappa shape index (κ3) is 4.88. The number of thiazole rings is 1. The normalized spacial score (nSPS) is 12.1. The molecule has 0 aliphatic carbocycles. The topological polar surface area (TPSA) is 79.3 Å². The summed E-state index contributed by atoms with van der Waals surface area (Å²) in [6.45, 7) is 2.21. The van der Waals surface area contributed by atoms with Crippen molar-refractivity contribution in [3.05, 3.63) is 16.6 Å². The molecular weight excluding hydrogens is 228 g/mol. The van der Waals surface area contributed by atoms with Gasteiger partial charge in [-0.1, -0.05) is 6.92 Å². The molecule has 1 amide bonds. The highest BCUT2D eigenvalue weighted by atomic mass is 32.1. The number of rotatable bonds is 6. The molecule has 0 saturated carbocycles. The van der Waals surface area contributed by atoms with Crippen molar-refractivity contribution in [1.82, 2.24) is 10.3 Å². The van der Waals surface area contributed by atoms with Gasteiger partial charge >= 0.3 is 5.97 Å². The highest BCUT2D eigenvalue weighted by molar-refractivity contribution is 7.09. The van der Waals surface area contributed by atoms with Crippen molar-refractivity contribution < 1.29 is 14.7 Å². The van der Waals surface area contributed by atoms with Crippen molar-refractivity contribution in [2.24, 2.45) is 5.92 Å². The second-order valence-electron chi connectivity index (χ2n) is 3.65. The molecule has 0 aliphatic heterocycles. The summed E-state index contributed by atoms with van der Waals surface area (Å²) in [5, 5.41) is 11.3. The van der Waals surface area contributed by atoms with Gasteiger partial charge in [0.1, 0.15) is 0 Å². The van der Waals surface area contributed by atoms with Crippen LogP contribution in [0.5, 0.6) is 0 Å². The Morgan fingerprint density at radius 1 is 1.56 bits per heavy atom. The molecule has 88 valence electrons. The number of carbonyl (C=O) groups is 2. The maximum atomic E-state index is 11.4. The van der Waals surface area contributed by atoms with E-state index >= 15 is 0 Å². The maximum absolute atomic E-state index is 11.4. The number of nitrogens with zero attached hydrogens (tertiary/aromatic N) is 1. The van der Waals surface area contributed by atoms with Crippen molar-refractivity contribution in [3.63, 3.8) is 0 Å². The monoisotopic (exact) mass is 242 g/mol. The first-order valence-electron chi connectivity index (χ1n) is 4.93. The van der Waals surface area contributed by atoms with Gasteiger partial charge in [-0.3, -0.25) is 14.6 Å². The van der Waals surface area contributed by atoms with Gasteiger partial charge in [-0.25, -0.2) is 0 Å². The fourth-order valence-electron chi connectivity index (χ4n) is 1.27. The summed E-state index contributed by atoms with van der Waals surface area (Å²) in [6.07, 6.45) is 1.96. The van der Waals surface area contributed by atoms with Crippen LogP contribution in [0, 0.1) is 5.92 Å². The minimum Gasteiger partial charge on any atom is -0.481 e. The second kappa shape index (κ2) is 6.22. The van der Waals surface area contributed by atoms with E-state index < -0.39 is 5.97 Å². The molecule has 1 atom stereocenters. The molecule has 5 nitrogen and oxygen atoms in total. The quantitative estimate of drug-likeness (QED) is 0.787. The zero-order valence-electron chi connectivity index (χ0n) is 8.97. The van der Waals surface area contributed by atoms with Crippen LogP contribution in [-0.2, 0) is 16.1 Å². The molecule has 0 spiro atoms. The molecule has 2 N–H and O–H groups in total. The van der Waals surface area contributed by atoms with Crippen LogP contribution in [0.4, 0.5) is 0 Å². The lowest BCUT2D eigenvalue weighted by Gasteiger charge is -2.08. The average Bonchev–Trinajstić information content (AvgIpc) is 2.65. The molecule has 0 aromatic carbocycles. The van der Waals surface area contributed by atoms with E-state index in [1.54, 1.807) is 18.6 Å². The van der Waals surface area contributed by atoms with Gasteiger partial charge < -0.3 is 10.4 Å². The van der Waals surface area contributed by atoms with Crippen molar-refractivity contribution in [2.75, 3.05) is 0 Å². The highest BCUT2D eigenvalue weighted by Crippen LogP contribution is 2.08. The fraction of sp³-hybridized carbons (Fsp3) is 0.500. The second-order valence-corrected chi connectivity index (χ2v) is 4.62. The predicted molar refractivity (Wildman–Crippen MR) is 60.0 cm³/mol. The van der Waals surface area contributed by atoms with Gasteiger partial charge in [0.05, 0.1) is 12.1 Å². The van der Waals surface area contributed by atoms with Crippen molar-refractivity contribution in [2.45, 2.75) is 26.3 Å². The van der Waals surface area contributed by atoms with Gasteiger partial charge in [-0.15, -0.1) is 11.3 Å². The van der Waals surface area contributed by atoms with Crippen molar-refractivity contribution >= 4 is 23.2 Å². The number of carbonyl (C=O) groups excluding carboxylic acids is 1. The molecule has 1 aromatic heterocycles. The predicted octanol–water partition coefficient (Wildman–Crippen LogP) is 1.26. The van der Waals surface area contributed by atoms with E-state index in [4.69, 9.17) is 5.11 Å². The summed E-state index contributed by atoms with van der Waals surface area (Å²) < 4.78 is 0. The zero-order valence-corrected chi connectivity index (χ0v) is 9.79. The van der Waals surface area contributed by atoms with Crippen molar-refractivity contribution in [3.8, 4) is 0 Å². The number of amides is 1. The Morgan fingerprint density at radius 3 is 2.88 bits per heavy atom. The molecule has 0 saturated heterocycles. The Balaban J connectivity index is 2.23. The number of hydrogen-bond acceptors (Lipinski definition) is 4. The van der Waals surface area contributed by atoms with Crippen LogP contribution in [0.25, 0.3) is 0 Å². The number of carboxylic acid groups (broad SMARTS) is 1. The minimum absolute atomic E-state index is 0.0218. The number of nitrogens with one attached hydrogen (secondary N) is 1. The smallest absolute Gasteiger partial charge is 0.303 e. The lowest BCUT2D eigenvalue weighted by Crippen LogP contribution is -2.24. The van der Waals surface area contributed by atoms with Crippen LogP contribution in [0.15, 0.2) is 11.7 Å². The van der Waals surface area contributed by atoms with Gasteiger partial charge in [0.15, 0.2) is 0 Å². The molecule has 1 aromatic rings. The molecule has 0 fully saturated rings. The third-order valence-electron chi connectivity index (χ3n) is 2.00. The van der Waals surface area contributed by atoms with Crippen LogP contribution in [0.3, 0.4) is 0 Å². The summed E-state index contributed by atoms with van der Waals surface area (Å²) in [4.78, 5) is 26.7. The molecule has 6 heteroatoms. The molecule has 0 bridgehead atoms. The Morgan fingerprint density at radius 2 is 2.31 bits per heavy atom. The van der Waals surface area contributed by atoms with E-state index in [2.05, 4.69) is 10.3 Å². The van der Waals surface area contributed by atoms with Gasteiger partial charge in [0.25, 0.3) is 0 Å². The summed E-state index contributed by atoms with van der Waals surface area (Å²) >= 11 is 1.47. The van der Waals surface area contributed by atoms with Crippen molar-refractivity contribution in [1.29, 1.82) is 0 Å². The highest BCUT2D eigenvalue weighted by Gasteiger charge is 2.12. The Hall–Kier alpha value is -1.43. The van der Waals surface area contributed by atoms with Gasteiger partial charge in [0, 0.05) is 23.9 Å². The lowest BCUT2D eigenvalue weighted by molar-refractivity contribution is -0.138. The van der Waals surface area contributed by atoms with E-state index in [-0.39, 0.29) is 24.7 Å². The SMILES string of the molecule is CC(CC(=O)O)CC(=O)NCc1cncs1.